The Bertz CT molecular complexity index is 1150. The van der Waals surface area contributed by atoms with Gasteiger partial charge in [-0.3, -0.25) is 14.4 Å². The number of benzene rings is 3. The topological polar surface area (TPSA) is 81.7 Å². The van der Waals surface area contributed by atoms with E-state index in [1.165, 1.54) is 13.2 Å². The molecule has 0 aliphatic rings. The largest absolute Gasteiger partial charge is 0.496 e. The van der Waals surface area contributed by atoms with Crippen LogP contribution in [-0.4, -0.2) is 31.4 Å². The van der Waals surface area contributed by atoms with Gasteiger partial charge in [-0.2, -0.15) is 0 Å². The van der Waals surface area contributed by atoms with E-state index < -0.39 is 36.1 Å². The molecule has 0 bridgehead atoms. The molecule has 0 aromatic heterocycles. The van der Waals surface area contributed by atoms with Gasteiger partial charge in [-0.05, 0) is 35.9 Å². The van der Waals surface area contributed by atoms with Crippen molar-refractivity contribution in [3.8, 4) is 5.75 Å². The maximum Gasteiger partial charge on any atom is 0.308 e. The molecule has 6 nitrogen and oxygen atoms in total. The summed E-state index contributed by atoms with van der Waals surface area (Å²) in [5, 5.41) is 3.06. The molecular formula is C25H21ClFNO5. The second-order valence-electron chi connectivity index (χ2n) is 7.05. The highest BCUT2D eigenvalue weighted by Crippen LogP contribution is 2.22. The van der Waals surface area contributed by atoms with Crippen molar-refractivity contribution in [1.29, 1.82) is 0 Å². The number of ketones is 1. The number of nitrogens with one attached hydrogen (secondary N) is 1. The van der Waals surface area contributed by atoms with Crippen LogP contribution in [0.15, 0.2) is 72.8 Å². The molecule has 3 aromatic rings. The fourth-order valence-electron chi connectivity index (χ4n) is 3.17. The second-order valence-corrected chi connectivity index (χ2v) is 7.46. The minimum atomic E-state index is -0.721. The first-order valence-electron chi connectivity index (χ1n) is 10.0. The molecule has 33 heavy (non-hydrogen) atoms. The molecule has 170 valence electrons. The van der Waals surface area contributed by atoms with Crippen molar-refractivity contribution in [1.82, 2.24) is 5.32 Å². The fourth-order valence-corrected chi connectivity index (χ4v) is 3.39. The molecule has 3 rings (SSSR count). The number of amides is 1. The van der Waals surface area contributed by atoms with Gasteiger partial charge < -0.3 is 14.8 Å². The van der Waals surface area contributed by atoms with Crippen molar-refractivity contribution in [3.05, 3.63) is 100 Å². The van der Waals surface area contributed by atoms with Crippen LogP contribution in [0.5, 0.6) is 5.75 Å². The number of methoxy groups -OCH3 is 1. The standard InChI is InChI=1S/C25H21ClFNO5/c1-32-23-12-11-17(27)13-19(23)22(29)15-33-24(30)14-21(16-7-3-2-4-8-16)28-25(31)18-9-5-6-10-20(18)26/h2-13,21H,14-15H2,1H3,(H,28,31). The lowest BCUT2D eigenvalue weighted by molar-refractivity contribution is -0.143. The average Bonchev–Trinajstić information content (AvgIpc) is 2.82. The van der Waals surface area contributed by atoms with Crippen LogP contribution < -0.4 is 10.1 Å². The van der Waals surface area contributed by atoms with E-state index >= 15 is 0 Å². The van der Waals surface area contributed by atoms with Gasteiger partial charge in [0.2, 0.25) is 5.78 Å². The lowest BCUT2D eigenvalue weighted by Crippen LogP contribution is -2.31. The van der Waals surface area contributed by atoms with Crippen molar-refractivity contribution in [3.63, 3.8) is 0 Å². The minimum Gasteiger partial charge on any atom is -0.496 e. The summed E-state index contributed by atoms with van der Waals surface area (Å²) in [5.74, 6) is -2.23. The molecule has 0 aliphatic carbocycles. The number of ether oxygens (including phenoxy) is 2. The maximum atomic E-state index is 13.5. The average molecular weight is 470 g/mol. The summed E-state index contributed by atoms with van der Waals surface area (Å²) in [6.07, 6.45) is -0.228. The van der Waals surface area contributed by atoms with Crippen LogP contribution in [0.2, 0.25) is 5.02 Å². The van der Waals surface area contributed by atoms with E-state index in [0.29, 0.717) is 5.56 Å². The lowest BCUT2D eigenvalue weighted by Gasteiger charge is -2.19. The SMILES string of the molecule is COc1ccc(F)cc1C(=O)COC(=O)CC(NC(=O)c1ccccc1Cl)c1ccccc1. The van der Waals surface area contributed by atoms with Crippen LogP contribution in [0.25, 0.3) is 0 Å². The Morgan fingerprint density at radius 3 is 2.36 bits per heavy atom. The predicted molar refractivity (Wildman–Crippen MR) is 121 cm³/mol. The van der Waals surface area contributed by atoms with Crippen LogP contribution in [0.3, 0.4) is 0 Å². The van der Waals surface area contributed by atoms with Gasteiger partial charge in [0, 0.05) is 0 Å². The van der Waals surface area contributed by atoms with E-state index in [1.807, 2.05) is 0 Å². The number of Topliss-reactive ketones (excluding diaryl/α,β-unsaturated/α-hetero) is 1. The molecule has 0 fully saturated rings. The lowest BCUT2D eigenvalue weighted by atomic mass is 10.0. The molecule has 0 radical (unpaired) electrons. The summed E-state index contributed by atoms with van der Waals surface area (Å²) in [4.78, 5) is 37.7. The highest BCUT2D eigenvalue weighted by Gasteiger charge is 2.22. The molecule has 0 saturated heterocycles. The van der Waals surface area contributed by atoms with Crippen molar-refractivity contribution < 1.29 is 28.2 Å². The molecular weight excluding hydrogens is 449 g/mol. The number of hydrogen-bond acceptors (Lipinski definition) is 5. The van der Waals surface area contributed by atoms with Crippen LogP contribution in [0.4, 0.5) is 4.39 Å². The molecule has 8 heteroatoms. The van der Waals surface area contributed by atoms with Crippen molar-refractivity contribution in [2.24, 2.45) is 0 Å². The number of hydrogen-bond donors (Lipinski definition) is 1. The van der Waals surface area contributed by atoms with E-state index in [1.54, 1.807) is 54.6 Å². The zero-order valence-electron chi connectivity index (χ0n) is 17.7. The van der Waals surface area contributed by atoms with Gasteiger partial charge in [0.1, 0.15) is 11.6 Å². The van der Waals surface area contributed by atoms with Gasteiger partial charge in [0.25, 0.3) is 5.91 Å². The first-order valence-corrected chi connectivity index (χ1v) is 10.4. The number of halogens is 2. The van der Waals surface area contributed by atoms with Gasteiger partial charge >= 0.3 is 5.97 Å². The Labute approximate surface area is 195 Å². The van der Waals surface area contributed by atoms with Gasteiger partial charge in [0.05, 0.1) is 35.7 Å². The molecule has 1 N–H and O–H groups in total. The van der Waals surface area contributed by atoms with Gasteiger partial charge in [-0.25, -0.2) is 4.39 Å². The second kappa shape index (κ2) is 11.2. The van der Waals surface area contributed by atoms with Crippen LogP contribution >= 0.6 is 11.6 Å². The van der Waals surface area contributed by atoms with E-state index in [4.69, 9.17) is 21.1 Å². The van der Waals surface area contributed by atoms with Gasteiger partial charge in [-0.15, -0.1) is 0 Å². The van der Waals surface area contributed by atoms with E-state index in [-0.39, 0.29) is 28.3 Å². The summed E-state index contributed by atoms with van der Waals surface area (Å²) in [6.45, 7) is -0.599. The van der Waals surface area contributed by atoms with Gasteiger partial charge in [-0.1, -0.05) is 54.1 Å². The molecule has 0 saturated carbocycles. The Hall–Kier alpha value is -3.71. The Balaban J connectivity index is 1.69. The van der Waals surface area contributed by atoms with Crippen LogP contribution in [-0.2, 0) is 9.53 Å². The van der Waals surface area contributed by atoms with Crippen molar-refractivity contribution in [2.45, 2.75) is 12.5 Å². The van der Waals surface area contributed by atoms with E-state index in [0.717, 1.165) is 12.1 Å². The highest BCUT2D eigenvalue weighted by molar-refractivity contribution is 6.33. The molecule has 1 amide bonds. The number of rotatable bonds is 9. The molecule has 1 unspecified atom stereocenters. The molecule has 0 spiro atoms. The van der Waals surface area contributed by atoms with E-state index in [9.17, 15) is 18.8 Å². The molecule has 1 atom stereocenters. The van der Waals surface area contributed by atoms with Crippen molar-refractivity contribution in [2.75, 3.05) is 13.7 Å². The summed E-state index contributed by atoms with van der Waals surface area (Å²) >= 11 is 6.11. The summed E-state index contributed by atoms with van der Waals surface area (Å²) in [5.41, 5.74) is 0.909. The van der Waals surface area contributed by atoms with E-state index in [2.05, 4.69) is 5.32 Å². The third-order valence-electron chi connectivity index (χ3n) is 4.82. The van der Waals surface area contributed by atoms with Gasteiger partial charge in [0.15, 0.2) is 6.61 Å². The summed E-state index contributed by atoms with van der Waals surface area (Å²) < 4.78 is 23.7. The third kappa shape index (κ3) is 6.40. The number of esters is 1. The quantitative estimate of drug-likeness (QED) is 0.360. The smallest absolute Gasteiger partial charge is 0.308 e. The third-order valence-corrected chi connectivity index (χ3v) is 5.15. The summed E-state index contributed by atoms with van der Waals surface area (Å²) in [7, 11) is 1.35. The molecule has 3 aromatic carbocycles. The minimum absolute atomic E-state index is 0.0306. The van der Waals surface area contributed by atoms with Crippen LogP contribution in [0, 0.1) is 5.82 Å². The number of carbonyl (C=O) groups is 3. The predicted octanol–water partition coefficient (Wildman–Crippen LogP) is 4.78. The molecule has 0 heterocycles. The van der Waals surface area contributed by atoms with Crippen LogP contribution in [0.1, 0.15) is 38.7 Å². The monoisotopic (exact) mass is 469 g/mol. The molecule has 0 aliphatic heterocycles. The zero-order chi connectivity index (χ0) is 23.8. The Kier molecular flexibility index (Phi) is 8.16. The Morgan fingerprint density at radius 2 is 1.67 bits per heavy atom. The fraction of sp³-hybridized carbons (Fsp3) is 0.160. The first kappa shape index (κ1) is 23.9. The number of carbonyl (C=O) groups excluding carboxylic acids is 3. The first-order chi connectivity index (χ1) is 15.9. The van der Waals surface area contributed by atoms with Crippen molar-refractivity contribution >= 4 is 29.3 Å². The normalized spacial score (nSPS) is 11.4. The zero-order valence-corrected chi connectivity index (χ0v) is 18.5. The highest BCUT2D eigenvalue weighted by atomic mass is 35.5. The Morgan fingerprint density at radius 1 is 0.970 bits per heavy atom. The summed E-state index contributed by atoms with van der Waals surface area (Å²) in [6, 6.07) is 18.2. The maximum absolute atomic E-state index is 13.5.